The zero-order valence-electron chi connectivity index (χ0n) is 12.7. The second-order valence-corrected chi connectivity index (χ2v) is 5.33. The normalized spacial score (nSPS) is 11.0. The van der Waals surface area contributed by atoms with E-state index in [0.29, 0.717) is 0 Å². The summed E-state index contributed by atoms with van der Waals surface area (Å²) >= 11 is 0. The van der Waals surface area contributed by atoms with Gasteiger partial charge in [-0.1, -0.05) is 54.1 Å². The molecule has 0 aromatic heterocycles. The maximum atomic E-state index is 12.2. The van der Waals surface area contributed by atoms with E-state index in [9.17, 15) is 9.90 Å². The molecule has 0 aliphatic heterocycles. The third-order valence-corrected chi connectivity index (χ3v) is 3.57. The minimum Gasteiger partial charge on any atom is -0.507 e. The van der Waals surface area contributed by atoms with Crippen LogP contribution in [-0.4, -0.2) is 17.2 Å². The summed E-state index contributed by atoms with van der Waals surface area (Å²) < 4.78 is 0. The second kappa shape index (κ2) is 6.32. The van der Waals surface area contributed by atoms with Gasteiger partial charge in [0.1, 0.15) is 5.75 Å². The fraction of sp³-hybridized carbons (Fsp3) is 0.0526. The maximum Gasteiger partial charge on any atom is 0.275 e. The Hall–Kier alpha value is -3.14. The molecule has 0 saturated heterocycles. The number of carbonyl (C=O) groups excluding carboxylic acids is 1. The Bertz CT molecular complexity index is 884. The zero-order valence-corrected chi connectivity index (χ0v) is 12.7. The Morgan fingerprint density at radius 2 is 1.70 bits per heavy atom. The number of hydrogen-bond donors (Lipinski definition) is 2. The summed E-state index contributed by atoms with van der Waals surface area (Å²) in [6, 6.07) is 18.5. The number of hydrazone groups is 1. The third-order valence-electron chi connectivity index (χ3n) is 3.57. The topological polar surface area (TPSA) is 61.7 Å². The van der Waals surface area contributed by atoms with E-state index < -0.39 is 5.91 Å². The van der Waals surface area contributed by atoms with Crippen LogP contribution < -0.4 is 5.43 Å². The van der Waals surface area contributed by atoms with Crippen LogP contribution in [0.1, 0.15) is 21.5 Å². The number of aromatic hydroxyl groups is 1. The lowest BCUT2D eigenvalue weighted by Crippen LogP contribution is -2.17. The Morgan fingerprint density at radius 3 is 2.39 bits per heavy atom. The van der Waals surface area contributed by atoms with Gasteiger partial charge < -0.3 is 5.11 Å². The van der Waals surface area contributed by atoms with E-state index in [1.54, 1.807) is 18.3 Å². The molecular formula is C19H16N2O2. The number of phenols is 1. The molecule has 0 spiro atoms. The first-order valence-corrected chi connectivity index (χ1v) is 7.25. The van der Waals surface area contributed by atoms with Crippen molar-refractivity contribution >= 4 is 22.9 Å². The maximum absolute atomic E-state index is 12.2. The van der Waals surface area contributed by atoms with Gasteiger partial charge in [-0.3, -0.25) is 4.79 Å². The van der Waals surface area contributed by atoms with Gasteiger partial charge >= 0.3 is 0 Å². The molecular weight excluding hydrogens is 288 g/mol. The molecule has 0 fully saturated rings. The van der Waals surface area contributed by atoms with Crippen LogP contribution in [0.2, 0.25) is 0 Å². The molecule has 2 N–H and O–H groups in total. The van der Waals surface area contributed by atoms with Crippen LogP contribution in [-0.2, 0) is 0 Å². The Labute approximate surface area is 134 Å². The highest BCUT2D eigenvalue weighted by atomic mass is 16.3. The van der Waals surface area contributed by atoms with Gasteiger partial charge in [0.15, 0.2) is 0 Å². The molecule has 0 atom stereocenters. The van der Waals surface area contributed by atoms with E-state index in [1.807, 2.05) is 55.5 Å². The average Bonchev–Trinajstić information content (AvgIpc) is 2.56. The summed E-state index contributed by atoms with van der Waals surface area (Å²) in [7, 11) is 0. The lowest BCUT2D eigenvalue weighted by Gasteiger charge is -2.05. The Morgan fingerprint density at radius 1 is 1.04 bits per heavy atom. The number of fused-ring (bicyclic) bond motifs is 1. The second-order valence-electron chi connectivity index (χ2n) is 5.33. The summed E-state index contributed by atoms with van der Waals surface area (Å²) in [5, 5.41) is 15.7. The van der Waals surface area contributed by atoms with Crippen LogP contribution in [0, 0.1) is 6.92 Å². The molecule has 4 heteroatoms. The quantitative estimate of drug-likeness (QED) is 0.573. The number of nitrogens with one attached hydrogen (secondary N) is 1. The van der Waals surface area contributed by atoms with Crippen LogP contribution >= 0.6 is 0 Å². The smallest absolute Gasteiger partial charge is 0.275 e. The van der Waals surface area contributed by atoms with Gasteiger partial charge in [0, 0.05) is 0 Å². The summed E-state index contributed by atoms with van der Waals surface area (Å²) in [4.78, 5) is 12.2. The first-order chi connectivity index (χ1) is 11.1. The van der Waals surface area contributed by atoms with Crippen molar-refractivity contribution < 1.29 is 9.90 Å². The van der Waals surface area contributed by atoms with Crippen molar-refractivity contribution in [1.29, 1.82) is 0 Å². The molecule has 114 valence electrons. The van der Waals surface area contributed by atoms with Gasteiger partial charge in [-0.25, -0.2) is 5.43 Å². The first kappa shape index (κ1) is 14.8. The number of phenolic OH excluding ortho intramolecular Hbond substituents is 1. The van der Waals surface area contributed by atoms with Crippen molar-refractivity contribution in [2.75, 3.05) is 0 Å². The van der Waals surface area contributed by atoms with Crippen molar-refractivity contribution in [1.82, 2.24) is 5.43 Å². The van der Waals surface area contributed by atoms with Crippen LogP contribution in [0.15, 0.2) is 65.8 Å². The molecule has 0 aliphatic rings. The highest BCUT2D eigenvalue weighted by Gasteiger charge is 2.11. The molecule has 0 saturated carbocycles. The summed E-state index contributed by atoms with van der Waals surface area (Å²) in [6.45, 7) is 2.01. The summed E-state index contributed by atoms with van der Waals surface area (Å²) in [5.74, 6) is -0.511. The van der Waals surface area contributed by atoms with Crippen molar-refractivity contribution in [2.24, 2.45) is 5.10 Å². The Kier molecular flexibility index (Phi) is 4.06. The van der Waals surface area contributed by atoms with Gasteiger partial charge in [-0.15, -0.1) is 0 Å². The van der Waals surface area contributed by atoms with E-state index in [4.69, 9.17) is 0 Å². The summed E-state index contributed by atoms with van der Waals surface area (Å²) in [6.07, 6.45) is 1.56. The largest absolute Gasteiger partial charge is 0.507 e. The summed E-state index contributed by atoms with van der Waals surface area (Å²) in [5.41, 5.74) is 4.68. The van der Waals surface area contributed by atoms with Crippen molar-refractivity contribution in [3.8, 4) is 5.75 Å². The molecule has 3 rings (SSSR count). The highest BCUT2D eigenvalue weighted by molar-refractivity contribution is 6.01. The van der Waals surface area contributed by atoms with E-state index in [-0.39, 0.29) is 11.3 Å². The highest BCUT2D eigenvalue weighted by Crippen LogP contribution is 2.24. The van der Waals surface area contributed by atoms with E-state index in [1.165, 1.54) is 0 Å². The van der Waals surface area contributed by atoms with Gasteiger partial charge in [0.05, 0.1) is 11.8 Å². The number of carbonyl (C=O) groups is 1. The van der Waals surface area contributed by atoms with Crippen molar-refractivity contribution in [3.63, 3.8) is 0 Å². The molecule has 0 heterocycles. The van der Waals surface area contributed by atoms with E-state index in [2.05, 4.69) is 10.5 Å². The number of rotatable bonds is 3. The van der Waals surface area contributed by atoms with Crippen molar-refractivity contribution in [2.45, 2.75) is 6.92 Å². The lowest BCUT2D eigenvalue weighted by atomic mass is 10.1. The number of benzene rings is 3. The lowest BCUT2D eigenvalue weighted by molar-refractivity contribution is 0.0952. The average molecular weight is 304 g/mol. The zero-order chi connectivity index (χ0) is 16.2. The van der Waals surface area contributed by atoms with Crippen LogP contribution in [0.25, 0.3) is 10.8 Å². The molecule has 3 aromatic rings. The van der Waals surface area contributed by atoms with Crippen LogP contribution in [0.4, 0.5) is 0 Å². The predicted molar refractivity (Wildman–Crippen MR) is 91.9 cm³/mol. The van der Waals surface area contributed by atoms with Gasteiger partial charge in [0.2, 0.25) is 0 Å². The minimum atomic E-state index is -0.448. The number of amides is 1. The van der Waals surface area contributed by atoms with Gasteiger partial charge in [-0.2, -0.15) is 5.10 Å². The van der Waals surface area contributed by atoms with Gasteiger partial charge in [0.25, 0.3) is 5.91 Å². The number of nitrogens with zero attached hydrogens (tertiary/aromatic N) is 1. The van der Waals surface area contributed by atoms with E-state index >= 15 is 0 Å². The molecule has 4 nitrogen and oxygen atoms in total. The fourth-order valence-corrected chi connectivity index (χ4v) is 2.29. The minimum absolute atomic E-state index is 0.0632. The van der Waals surface area contributed by atoms with E-state index in [0.717, 1.165) is 21.9 Å². The molecule has 0 aliphatic carbocycles. The standard InChI is InChI=1S/C19H16N2O2/c1-13-6-8-14(9-7-13)12-20-21-19(23)17-10-15-4-2-3-5-16(15)11-18(17)22/h2-12,22H,1H3,(H,21,23)/b20-12-. The van der Waals surface area contributed by atoms with Crippen LogP contribution in [0.3, 0.4) is 0 Å². The monoisotopic (exact) mass is 304 g/mol. The number of aryl methyl sites for hydroxylation is 1. The van der Waals surface area contributed by atoms with Gasteiger partial charge in [-0.05, 0) is 35.4 Å². The molecule has 0 radical (unpaired) electrons. The molecule has 0 unspecified atom stereocenters. The first-order valence-electron chi connectivity index (χ1n) is 7.25. The third kappa shape index (κ3) is 3.37. The number of hydrogen-bond acceptors (Lipinski definition) is 3. The molecule has 23 heavy (non-hydrogen) atoms. The molecule has 3 aromatic carbocycles. The molecule has 1 amide bonds. The Balaban J connectivity index is 1.78. The SMILES string of the molecule is Cc1ccc(/C=N\NC(=O)c2cc3ccccc3cc2O)cc1. The van der Waals surface area contributed by atoms with Crippen molar-refractivity contribution in [3.05, 3.63) is 77.4 Å². The molecule has 0 bridgehead atoms. The fourth-order valence-electron chi connectivity index (χ4n) is 2.29. The predicted octanol–water partition coefficient (Wildman–Crippen LogP) is 3.62. The van der Waals surface area contributed by atoms with Crippen LogP contribution in [0.5, 0.6) is 5.75 Å².